The van der Waals surface area contributed by atoms with E-state index in [0.29, 0.717) is 6.42 Å². The van der Waals surface area contributed by atoms with Crippen LogP contribution in [0.1, 0.15) is 13.3 Å². The third-order valence-electron chi connectivity index (χ3n) is 1.61. The van der Waals surface area contributed by atoms with Crippen LogP contribution in [0.15, 0.2) is 17.0 Å². The van der Waals surface area contributed by atoms with Crippen molar-refractivity contribution in [1.82, 2.24) is 9.97 Å². The first kappa shape index (κ1) is 10.4. The monoisotopic (exact) mass is 245 g/mol. The fraction of sp³-hybridized carbons (Fsp3) is 0.500. The quantitative estimate of drug-likeness (QED) is 0.843. The summed E-state index contributed by atoms with van der Waals surface area (Å²) in [6.07, 6.45) is 3.87. The largest absolute Gasteiger partial charge is 0.396 e. The molecule has 0 amide bonds. The summed E-state index contributed by atoms with van der Waals surface area (Å²) in [5, 5.41) is 11.9. The van der Waals surface area contributed by atoms with Crippen LogP contribution >= 0.6 is 15.9 Å². The molecule has 13 heavy (non-hydrogen) atoms. The van der Waals surface area contributed by atoms with Crippen molar-refractivity contribution in [1.29, 1.82) is 0 Å². The molecular weight excluding hydrogens is 234 g/mol. The number of aliphatic hydroxyl groups excluding tert-OH is 1. The number of hydrogen-bond acceptors (Lipinski definition) is 4. The van der Waals surface area contributed by atoms with Gasteiger partial charge in [-0.25, -0.2) is 9.97 Å². The smallest absolute Gasteiger partial charge is 0.143 e. The molecule has 5 heteroatoms. The predicted octanol–water partition coefficient (Wildman–Crippen LogP) is 1.42. The van der Waals surface area contributed by atoms with Gasteiger partial charge in [0.15, 0.2) is 0 Å². The fourth-order valence-corrected chi connectivity index (χ4v) is 1.25. The summed E-state index contributed by atoms with van der Waals surface area (Å²) in [6, 6.07) is 0.205. The Balaban J connectivity index is 2.58. The van der Waals surface area contributed by atoms with Crippen LogP contribution in [0, 0.1) is 0 Å². The molecule has 72 valence electrons. The number of nitrogens with one attached hydrogen (secondary N) is 1. The summed E-state index contributed by atoms with van der Waals surface area (Å²) in [5.41, 5.74) is 0. The number of aromatic nitrogens is 2. The van der Waals surface area contributed by atoms with Crippen LogP contribution < -0.4 is 5.32 Å². The normalized spacial score (nSPS) is 12.5. The van der Waals surface area contributed by atoms with Crippen LogP contribution in [0.4, 0.5) is 5.82 Å². The van der Waals surface area contributed by atoms with Crippen LogP contribution in [0.3, 0.4) is 0 Å². The predicted molar refractivity (Wildman–Crippen MR) is 54.5 cm³/mol. The van der Waals surface area contributed by atoms with Gasteiger partial charge in [0.05, 0.1) is 4.47 Å². The van der Waals surface area contributed by atoms with Crippen LogP contribution in [0.5, 0.6) is 0 Å². The lowest BCUT2D eigenvalue weighted by Gasteiger charge is -2.13. The van der Waals surface area contributed by atoms with Gasteiger partial charge in [-0.2, -0.15) is 0 Å². The number of nitrogens with zero attached hydrogens (tertiary/aromatic N) is 2. The maximum Gasteiger partial charge on any atom is 0.143 e. The van der Waals surface area contributed by atoms with E-state index in [4.69, 9.17) is 5.11 Å². The molecule has 0 fully saturated rings. The molecule has 0 spiro atoms. The van der Waals surface area contributed by atoms with E-state index in [2.05, 4.69) is 31.2 Å². The van der Waals surface area contributed by atoms with Crippen molar-refractivity contribution in [2.45, 2.75) is 19.4 Å². The lowest BCUT2D eigenvalue weighted by atomic mass is 10.2. The van der Waals surface area contributed by atoms with E-state index in [-0.39, 0.29) is 12.6 Å². The topological polar surface area (TPSA) is 58.0 Å². The van der Waals surface area contributed by atoms with Gasteiger partial charge in [-0.05, 0) is 29.3 Å². The first-order valence-electron chi connectivity index (χ1n) is 4.07. The SMILES string of the molecule is C[C@H](CCO)Nc1ncncc1Br. The van der Waals surface area contributed by atoms with E-state index in [1.165, 1.54) is 6.33 Å². The Morgan fingerprint density at radius 1 is 1.69 bits per heavy atom. The van der Waals surface area contributed by atoms with E-state index in [1.807, 2.05) is 6.92 Å². The van der Waals surface area contributed by atoms with Gasteiger partial charge in [-0.15, -0.1) is 0 Å². The average Bonchev–Trinajstić information content (AvgIpc) is 2.09. The molecule has 0 aliphatic carbocycles. The summed E-state index contributed by atoms with van der Waals surface area (Å²) < 4.78 is 0.833. The molecule has 0 aromatic carbocycles. The van der Waals surface area contributed by atoms with Crippen LogP contribution in [-0.2, 0) is 0 Å². The third-order valence-corrected chi connectivity index (χ3v) is 2.19. The Kier molecular flexibility index (Phi) is 4.11. The summed E-state index contributed by atoms with van der Waals surface area (Å²) in [7, 11) is 0. The minimum absolute atomic E-state index is 0.177. The molecule has 1 rings (SSSR count). The Morgan fingerprint density at radius 3 is 3.08 bits per heavy atom. The first-order valence-corrected chi connectivity index (χ1v) is 4.86. The molecule has 1 aromatic heterocycles. The van der Waals surface area contributed by atoms with Crippen molar-refractivity contribution >= 4 is 21.7 Å². The molecule has 4 nitrogen and oxygen atoms in total. The second kappa shape index (κ2) is 5.14. The number of rotatable bonds is 4. The van der Waals surface area contributed by atoms with E-state index in [0.717, 1.165) is 10.3 Å². The summed E-state index contributed by atoms with van der Waals surface area (Å²) in [4.78, 5) is 7.90. The highest BCUT2D eigenvalue weighted by Gasteiger charge is 2.04. The second-order valence-electron chi connectivity index (χ2n) is 2.78. The molecule has 0 unspecified atom stereocenters. The number of anilines is 1. The van der Waals surface area contributed by atoms with Gasteiger partial charge in [0, 0.05) is 18.8 Å². The lowest BCUT2D eigenvalue weighted by Crippen LogP contribution is -2.17. The van der Waals surface area contributed by atoms with Crippen LogP contribution in [0.25, 0.3) is 0 Å². The molecule has 0 aliphatic rings. The Hall–Kier alpha value is -0.680. The zero-order valence-corrected chi connectivity index (χ0v) is 8.95. The maximum absolute atomic E-state index is 8.70. The molecule has 0 aliphatic heterocycles. The van der Waals surface area contributed by atoms with Crippen LogP contribution in [0.2, 0.25) is 0 Å². The van der Waals surface area contributed by atoms with E-state index in [1.54, 1.807) is 6.20 Å². The van der Waals surface area contributed by atoms with Gasteiger partial charge >= 0.3 is 0 Å². The molecule has 1 atom stereocenters. The molecular formula is C8H12BrN3O. The minimum atomic E-state index is 0.177. The number of aliphatic hydroxyl groups is 1. The summed E-state index contributed by atoms with van der Waals surface area (Å²) in [5.74, 6) is 0.760. The van der Waals surface area contributed by atoms with Gasteiger partial charge in [0.2, 0.25) is 0 Å². The standard InChI is InChI=1S/C8H12BrN3O/c1-6(2-3-13)12-8-7(9)4-10-5-11-8/h4-6,13H,2-3H2,1H3,(H,10,11,12)/t6-/m1/s1. The molecule has 0 saturated heterocycles. The first-order chi connectivity index (χ1) is 6.24. The van der Waals surface area contributed by atoms with Crippen LogP contribution in [-0.4, -0.2) is 27.7 Å². The lowest BCUT2D eigenvalue weighted by molar-refractivity contribution is 0.282. The Bertz CT molecular complexity index is 269. The Morgan fingerprint density at radius 2 is 2.46 bits per heavy atom. The molecule has 1 heterocycles. The van der Waals surface area contributed by atoms with Gasteiger partial charge in [-0.3, -0.25) is 0 Å². The summed E-state index contributed by atoms with van der Waals surface area (Å²) in [6.45, 7) is 2.17. The minimum Gasteiger partial charge on any atom is -0.396 e. The third kappa shape index (κ3) is 3.28. The highest BCUT2D eigenvalue weighted by molar-refractivity contribution is 9.10. The van der Waals surface area contributed by atoms with Crippen molar-refractivity contribution < 1.29 is 5.11 Å². The highest BCUT2D eigenvalue weighted by Crippen LogP contribution is 2.18. The van der Waals surface area contributed by atoms with Crippen molar-refractivity contribution in [3.8, 4) is 0 Å². The molecule has 1 aromatic rings. The van der Waals surface area contributed by atoms with Crippen molar-refractivity contribution in [3.05, 3.63) is 17.0 Å². The van der Waals surface area contributed by atoms with E-state index >= 15 is 0 Å². The van der Waals surface area contributed by atoms with Crippen molar-refractivity contribution in [2.75, 3.05) is 11.9 Å². The van der Waals surface area contributed by atoms with Crippen molar-refractivity contribution in [2.24, 2.45) is 0 Å². The van der Waals surface area contributed by atoms with Gasteiger partial charge in [-0.1, -0.05) is 0 Å². The summed E-state index contributed by atoms with van der Waals surface area (Å²) >= 11 is 3.33. The molecule has 0 saturated carbocycles. The molecule has 0 bridgehead atoms. The highest BCUT2D eigenvalue weighted by atomic mass is 79.9. The maximum atomic E-state index is 8.70. The van der Waals surface area contributed by atoms with Crippen molar-refractivity contribution in [3.63, 3.8) is 0 Å². The number of hydrogen-bond donors (Lipinski definition) is 2. The average molecular weight is 246 g/mol. The van der Waals surface area contributed by atoms with E-state index < -0.39 is 0 Å². The van der Waals surface area contributed by atoms with E-state index in [9.17, 15) is 0 Å². The zero-order valence-electron chi connectivity index (χ0n) is 7.37. The molecule has 0 radical (unpaired) electrons. The zero-order chi connectivity index (χ0) is 9.68. The Labute approximate surface area is 85.5 Å². The number of halogens is 1. The van der Waals surface area contributed by atoms with Gasteiger partial charge in [0.1, 0.15) is 12.1 Å². The molecule has 2 N–H and O–H groups in total. The second-order valence-corrected chi connectivity index (χ2v) is 3.63. The van der Waals surface area contributed by atoms with Gasteiger partial charge < -0.3 is 10.4 Å². The fourth-order valence-electron chi connectivity index (χ4n) is 0.918. The van der Waals surface area contributed by atoms with Gasteiger partial charge in [0.25, 0.3) is 0 Å².